The highest BCUT2D eigenvalue weighted by molar-refractivity contribution is 7.98. The van der Waals surface area contributed by atoms with Gasteiger partial charge in [-0.3, -0.25) is 0 Å². The summed E-state index contributed by atoms with van der Waals surface area (Å²) >= 11 is 3.24. The molecule has 0 unspecified atom stereocenters. The van der Waals surface area contributed by atoms with E-state index in [1.54, 1.807) is 47.8 Å². The monoisotopic (exact) mass is 362 g/mol. The average Bonchev–Trinajstić information content (AvgIpc) is 2.61. The second-order valence-electron chi connectivity index (χ2n) is 4.62. The third kappa shape index (κ3) is 5.71. The summed E-state index contributed by atoms with van der Waals surface area (Å²) in [5.41, 5.74) is 5.84. The number of rotatable bonds is 4. The van der Waals surface area contributed by atoms with Crippen molar-refractivity contribution in [2.45, 2.75) is 9.79 Å². The van der Waals surface area contributed by atoms with Crippen LogP contribution in [0.1, 0.15) is 0 Å². The number of hydrogen-bond donors (Lipinski definition) is 4. The molecule has 0 aliphatic carbocycles. The van der Waals surface area contributed by atoms with Crippen molar-refractivity contribution in [2.24, 2.45) is 0 Å². The summed E-state index contributed by atoms with van der Waals surface area (Å²) < 4.78 is 0. The first-order valence-corrected chi connectivity index (χ1v) is 9.48. The molecule has 0 fully saturated rings. The van der Waals surface area contributed by atoms with Gasteiger partial charge in [0.15, 0.2) is 0 Å². The van der Waals surface area contributed by atoms with E-state index in [1.165, 1.54) is 0 Å². The molecule has 2 rings (SSSR count). The summed E-state index contributed by atoms with van der Waals surface area (Å²) in [7, 11) is 0. The standard InChI is InChI=1S/C16H18N4O2S2/c1-23-13-7-3-11(4-8-13)17-15(21)19-20-16(22)18-12-5-9-14(24-2)10-6-12/h3-10H,1-2H3,(H2,17,19,21)(H2,18,20,22). The Kier molecular flexibility index (Phi) is 6.83. The first kappa shape index (κ1) is 18.0. The molecule has 0 bridgehead atoms. The Balaban J connectivity index is 1.76. The summed E-state index contributed by atoms with van der Waals surface area (Å²) in [5.74, 6) is 0. The molecule has 0 aromatic heterocycles. The first-order chi connectivity index (χ1) is 11.6. The third-order valence-electron chi connectivity index (χ3n) is 2.99. The van der Waals surface area contributed by atoms with E-state index in [-0.39, 0.29) is 0 Å². The molecular weight excluding hydrogens is 344 g/mol. The maximum atomic E-state index is 11.7. The van der Waals surface area contributed by atoms with E-state index in [1.807, 2.05) is 36.8 Å². The number of urea groups is 2. The van der Waals surface area contributed by atoms with Crippen molar-refractivity contribution in [1.82, 2.24) is 10.9 Å². The van der Waals surface area contributed by atoms with Crippen LogP contribution in [0.3, 0.4) is 0 Å². The molecule has 24 heavy (non-hydrogen) atoms. The van der Waals surface area contributed by atoms with E-state index >= 15 is 0 Å². The summed E-state index contributed by atoms with van der Waals surface area (Å²) in [6.45, 7) is 0. The van der Waals surface area contributed by atoms with Gasteiger partial charge >= 0.3 is 12.1 Å². The Bertz CT molecular complexity index is 629. The first-order valence-electron chi connectivity index (χ1n) is 7.03. The zero-order chi connectivity index (χ0) is 17.4. The highest BCUT2D eigenvalue weighted by Crippen LogP contribution is 2.18. The summed E-state index contributed by atoms with van der Waals surface area (Å²) in [6.07, 6.45) is 3.96. The zero-order valence-electron chi connectivity index (χ0n) is 13.3. The van der Waals surface area contributed by atoms with Crippen molar-refractivity contribution in [1.29, 1.82) is 0 Å². The number of carbonyl (C=O) groups is 2. The molecule has 2 aromatic carbocycles. The number of thioether (sulfide) groups is 2. The van der Waals surface area contributed by atoms with E-state index in [2.05, 4.69) is 21.5 Å². The molecule has 6 nitrogen and oxygen atoms in total. The highest BCUT2D eigenvalue weighted by Gasteiger charge is 2.05. The molecule has 0 saturated heterocycles. The molecule has 0 aliphatic rings. The van der Waals surface area contributed by atoms with Gasteiger partial charge in [0.1, 0.15) is 0 Å². The molecule has 0 radical (unpaired) electrons. The minimum Gasteiger partial charge on any atom is -0.307 e. The van der Waals surface area contributed by atoms with Gasteiger partial charge in [-0.05, 0) is 61.0 Å². The molecule has 0 aliphatic heterocycles. The summed E-state index contributed by atoms with van der Waals surface area (Å²) in [6, 6.07) is 13.7. The molecule has 126 valence electrons. The zero-order valence-corrected chi connectivity index (χ0v) is 14.9. The SMILES string of the molecule is CSc1ccc(NC(=O)NNC(=O)Nc2ccc(SC)cc2)cc1. The Hall–Kier alpha value is -2.32. The van der Waals surface area contributed by atoms with Crippen LogP contribution in [0.4, 0.5) is 21.0 Å². The molecule has 0 saturated carbocycles. The number of anilines is 2. The van der Waals surface area contributed by atoms with E-state index in [4.69, 9.17) is 0 Å². The molecule has 0 spiro atoms. The van der Waals surface area contributed by atoms with Crippen LogP contribution < -0.4 is 21.5 Å². The van der Waals surface area contributed by atoms with Crippen molar-refractivity contribution in [2.75, 3.05) is 23.1 Å². The highest BCUT2D eigenvalue weighted by atomic mass is 32.2. The fourth-order valence-corrected chi connectivity index (χ4v) is 2.60. The number of hydrogen-bond acceptors (Lipinski definition) is 4. The number of benzene rings is 2. The lowest BCUT2D eigenvalue weighted by molar-refractivity contribution is 0.237. The minimum absolute atomic E-state index is 0.528. The molecule has 0 atom stereocenters. The van der Waals surface area contributed by atoms with Crippen LogP contribution in [-0.2, 0) is 0 Å². The van der Waals surface area contributed by atoms with Crippen molar-refractivity contribution < 1.29 is 9.59 Å². The van der Waals surface area contributed by atoms with Crippen LogP contribution in [0.25, 0.3) is 0 Å². The second kappa shape index (κ2) is 9.09. The van der Waals surface area contributed by atoms with Crippen LogP contribution >= 0.6 is 23.5 Å². The van der Waals surface area contributed by atoms with Crippen molar-refractivity contribution in [3.63, 3.8) is 0 Å². The van der Waals surface area contributed by atoms with Crippen molar-refractivity contribution >= 4 is 47.0 Å². The normalized spacial score (nSPS) is 9.92. The van der Waals surface area contributed by atoms with Gasteiger partial charge < -0.3 is 10.6 Å². The lowest BCUT2D eigenvalue weighted by atomic mass is 10.3. The van der Waals surface area contributed by atoms with Crippen LogP contribution in [0, 0.1) is 0 Å². The predicted octanol–water partition coefficient (Wildman–Crippen LogP) is 3.99. The summed E-state index contributed by atoms with van der Waals surface area (Å²) in [5, 5.41) is 5.25. The second-order valence-corrected chi connectivity index (χ2v) is 6.37. The molecule has 4 N–H and O–H groups in total. The maximum Gasteiger partial charge on any atom is 0.337 e. The van der Waals surface area contributed by atoms with Crippen molar-refractivity contribution in [3.8, 4) is 0 Å². The smallest absolute Gasteiger partial charge is 0.307 e. The Morgan fingerprint density at radius 2 is 1.00 bits per heavy atom. The predicted molar refractivity (Wildman–Crippen MR) is 101 cm³/mol. The molecule has 0 heterocycles. The van der Waals surface area contributed by atoms with Crippen LogP contribution in [-0.4, -0.2) is 24.6 Å². The van der Waals surface area contributed by atoms with Gasteiger partial charge in [-0.2, -0.15) is 0 Å². The van der Waals surface area contributed by atoms with Gasteiger partial charge in [0.05, 0.1) is 0 Å². The quantitative estimate of drug-likeness (QED) is 0.490. The molecule has 4 amide bonds. The fraction of sp³-hybridized carbons (Fsp3) is 0.125. The maximum absolute atomic E-state index is 11.7. The lowest BCUT2D eigenvalue weighted by Crippen LogP contribution is -2.45. The average molecular weight is 362 g/mol. The summed E-state index contributed by atoms with van der Waals surface area (Å²) in [4.78, 5) is 25.7. The Morgan fingerprint density at radius 3 is 1.29 bits per heavy atom. The van der Waals surface area contributed by atoms with Gasteiger partial charge in [0.2, 0.25) is 0 Å². The van der Waals surface area contributed by atoms with Gasteiger partial charge in [-0.25, -0.2) is 20.4 Å². The molecular formula is C16H18N4O2S2. The van der Waals surface area contributed by atoms with E-state index in [9.17, 15) is 9.59 Å². The lowest BCUT2D eigenvalue weighted by Gasteiger charge is -2.10. The van der Waals surface area contributed by atoms with Crippen LogP contribution in [0.15, 0.2) is 58.3 Å². The van der Waals surface area contributed by atoms with Gasteiger partial charge in [-0.15, -0.1) is 23.5 Å². The molecule has 2 aromatic rings. The fourth-order valence-electron chi connectivity index (χ4n) is 1.79. The Labute approximate surface area is 149 Å². The molecule has 8 heteroatoms. The van der Waals surface area contributed by atoms with Gasteiger partial charge in [0, 0.05) is 21.2 Å². The topological polar surface area (TPSA) is 82.3 Å². The Morgan fingerprint density at radius 1 is 0.667 bits per heavy atom. The van der Waals surface area contributed by atoms with Crippen molar-refractivity contribution in [3.05, 3.63) is 48.5 Å². The van der Waals surface area contributed by atoms with E-state index in [0.717, 1.165) is 9.79 Å². The van der Waals surface area contributed by atoms with E-state index < -0.39 is 12.1 Å². The number of hydrazine groups is 1. The number of nitrogens with one attached hydrogen (secondary N) is 4. The van der Waals surface area contributed by atoms with Crippen LogP contribution in [0.2, 0.25) is 0 Å². The number of amides is 4. The van der Waals surface area contributed by atoms with Gasteiger partial charge in [0.25, 0.3) is 0 Å². The largest absolute Gasteiger partial charge is 0.337 e. The van der Waals surface area contributed by atoms with E-state index in [0.29, 0.717) is 11.4 Å². The van der Waals surface area contributed by atoms with Crippen LogP contribution in [0.5, 0.6) is 0 Å². The van der Waals surface area contributed by atoms with Gasteiger partial charge in [-0.1, -0.05) is 0 Å². The number of carbonyl (C=O) groups excluding carboxylic acids is 2. The minimum atomic E-state index is -0.528. The third-order valence-corrected chi connectivity index (χ3v) is 4.47.